The summed E-state index contributed by atoms with van der Waals surface area (Å²) in [5.74, 6) is 1.69. The molecule has 7 rings (SSSR count). The molecule has 1 aliphatic rings. The summed E-state index contributed by atoms with van der Waals surface area (Å²) in [7, 11) is 1.57. The lowest BCUT2D eigenvalue weighted by atomic mass is 10.1. The predicted molar refractivity (Wildman–Crippen MR) is 159 cm³/mol. The molecule has 1 aliphatic heterocycles. The van der Waals surface area contributed by atoms with Crippen LogP contribution in [0.1, 0.15) is 11.1 Å². The Hall–Kier alpha value is -4.55. The highest BCUT2D eigenvalue weighted by Gasteiger charge is 2.27. The molecule has 1 amide bonds. The number of hydrogen-bond donors (Lipinski definition) is 1. The molecule has 1 atom stereocenters. The molecule has 0 radical (unpaired) electrons. The third-order valence-corrected chi connectivity index (χ3v) is 8.55. The van der Waals surface area contributed by atoms with Crippen LogP contribution in [0.4, 0.5) is 10.5 Å². The molecule has 206 valence electrons. The van der Waals surface area contributed by atoms with Gasteiger partial charge in [-0.05, 0) is 61.4 Å². The SMILES string of the molecule is COc1cnc2c(-c3nc4c(C)cc5c(c4s3)OC[C@H](COC(=O)Nc3ccc4ncsc4c3)O5)cc(C)cc2n1. The Morgan fingerprint density at radius 3 is 2.88 bits per heavy atom. The number of carbonyl (C=O) groups is 1. The first-order chi connectivity index (χ1) is 19.9. The molecule has 0 bridgehead atoms. The summed E-state index contributed by atoms with van der Waals surface area (Å²) in [5.41, 5.74) is 8.53. The largest absolute Gasteiger partial charge is 0.484 e. The highest BCUT2D eigenvalue weighted by atomic mass is 32.1. The molecule has 0 spiro atoms. The van der Waals surface area contributed by atoms with Crippen molar-refractivity contribution in [3.8, 4) is 28.0 Å². The van der Waals surface area contributed by atoms with Crippen molar-refractivity contribution in [2.24, 2.45) is 0 Å². The monoisotopic (exact) mass is 585 g/mol. The van der Waals surface area contributed by atoms with Crippen LogP contribution in [0.5, 0.6) is 17.4 Å². The third kappa shape index (κ3) is 4.74. The fraction of sp³-hybridized carbons (Fsp3) is 0.207. The van der Waals surface area contributed by atoms with Crippen LogP contribution >= 0.6 is 22.7 Å². The number of nitrogens with zero attached hydrogens (tertiary/aromatic N) is 4. The summed E-state index contributed by atoms with van der Waals surface area (Å²) in [5, 5.41) is 3.57. The Morgan fingerprint density at radius 2 is 2.00 bits per heavy atom. The van der Waals surface area contributed by atoms with Gasteiger partial charge in [-0.25, -0.2) is 24.7 Å². The van der Waals surface area contributed by atoms with Gasteiger partial charge in [0.15, 0.2) is 17.6 Å². The van der Waals surface area contributed by atoms with Crippen LogP contribution in [0.2, 0.25) is 0 Å². The standard InChI is InChI=1S/C29H23N5O5S2/c1-14-6-18(25-20(7-14)33-23(36-3)10-30-25)28-34-24-15(2)8-21-26(27(24)41-28)37-11-17(39-21)12-38-29(35)32-16-4-5-19-22(9-16)40-13-31-19/h4-10,13,17H,11-12H2,1-3H3,(H,32,35)/t17-/m1/s1. The Labute approximate surface area is 241 Å². The zero-order valence-corrected chi connectivity index (χ0v) is 23.9. The van der Waals surface area contributed by atoms with Crippen LogP contribution in [-0.2, 0) is 4.74 Å². The maximum absolute atomic E-state index is 12.4. The lowest BCUT2D eigenvalue weighted by Crippen LogP contribution is -2.35. The number of carbonyl (C=O) groups excluding carboxylic acids is 1. The number of aryl methyl sites for hydroxylation is 2. The molecule has 6 aromatic rings. The van der Waals surface area contributed by atoms with E-state index in [2.05, 4.69) is 26.3 Å². The van der Waals surface area contributed by atoms with E-state index in [-0.39, 0.29) is 13.2 Å². The number of thiazole rings is 2. The van der Waals surface area contributed by atoms with Gasteiger partial charge in [0.2, 0.25) is 5.88 Å². The van der Waals surface area contributed by atoms with Gasteiger partial charge in [-0.1, -0.05) is 0 Å². The lowest BCUT2D eigenvalue weighted by molar-refractivity contribution is 0.0383. The van der Waals surface area contributed by atoms with Crippen LogP contribution in [0.3, 0.4) is 0 Å². The molecule has 0 fully saturated rings. The van der Waals surface area contributed by atoms with Gasteiger partial charge in [-0.3, -0.25) is 5.32 Å². The molecule has 0 saturated carbocycles. The van der Waals surface area contributed by atoms with Crippen molar-refractivity contribution in [1.29, 1.82) is 0 Å². The van der Waals surface area contributed by atoms with Crippen molar-refractivity contribution in [2.45, 2.75) is 20.0 Å². The van der Waals surface area contributed by atoms with Gasteiger partial charge in [0, 0.05) is 11.3 Å². The predicted octanol–water partition coefficient (Wildman–Crippen LogP) is 6.53. The normalized spacial score (nSPS) is 14.5. The molecule has 0 aliphatic carbocycles. The Bertz CT molecular complexity index is 1970. The number of ether oxygens (including phenoxy) is 4. The molecular formula is C29H23N5O5S2. The quantitative estimate of drug-likeness (QED) is 0.241. The van der Waals surface area contributed by atoms with Crippen molar-refractivity contribution in [3.05, 3.63) is 59.2 Å². The maximum Gasteiger partial charge on any atom is 0.411 e. The highest BCUT2D eigenvalue weighted by Crippen LogP contribution is 2.46. The number of nitrogens with one attached hydrogen (secondary N) is 1. The van der Waals surface area contributed by atoms with Crippen LogP contribution in [0, 0.1) is 13.8 Å². The van der Waals surface area contributed by atoms with E-state index in [1.54, 1.807) is 24.9 Å². The molecule has 41 heavy (non-hydrogen) atoms. The van der Waals surface area contributed by atoms with Crippen LogP contribution in [0.15, 0.2) is 48.1 Å². The second-order valence-electron chi connectivity index (χ2n) is 9.62. The zero-order valence-electron chi connectivity index (χ0n) is 22.3. The molecule has 1 N–H and O–H groups in total. The molecule has 0 saturated heterocycles. The summed E-state index contributed by atoms with van der Waals surface area (Å²) in [6, 6.07) is 11.5. The minimum absolute atomic E-state index is 0.0382. The molecule has 10 nitrogen and oxygen atoms in total. The summed E-state index contributed by atoms with van der Waals surface area (Å²) in [4.78, 5) is 30.8. The second-order valence-corrected chi connectivity index (χ2v) is 11.5. The summed E-state index contributed by atoms with van der Waals surface area (Å²) in [6.45, 7) is 4.28. The Morgan fingerprint density at radius 1 is 1.10 bits per heavy atom. The molecule has 12 heteroatoms. The van der Waals surface area contributed by atoms with E-state index in [0.717, 1.165) is 53.2 Å². The number of anilines is 1. The number of benzene rings is 3. The van der Waals surface area contributed by atoms with Crippen LogP contribution in [-0.4, -0.2) is 52.5 Å². The summed E-state index contributed by atoms with van der Waals surface area (Å²) in [6.07, 6.45) is 0.599. The average Bonchev–Trinajstić information content (AvgIpc) is 3.63. The minimum atomic E-state index is -0.562. The Kier molecular flexibility index (Phi) is 6.28. The van der Waals surface area contributed by atoms with E-state index >= 15 is 0 Å². The van der Waals surface area contributed by atoms with Gasteiger partial charge in [0.1, 0.15) is 22.9 Å². The number of fused-ring (bicyclic) bond motifs is 5. The fourth-order valence-electron chi connectivity index (χ4n) is 4.76. The Balaban J connectivity index is 1.11. The van der Waals surface area contributed by atoms with E-state index in [1.807, 2.05) is 38.1 Å². The summed E-state index contributed by atoms with van der Waals surface area (Å²) >= 11 is 3.03. The number of aromatic nitrogens is 4. The van der Waals surface area contributed by atoms with E-state index < -0.39 is 12.2 Å². The second kappa shape index (κ2) is 10.1. The van der Waals surface area contributed by atoms with E-state index in [9.17, 15) is 4.79 Å². The van der Waals surface area contributed by atoms with Gasteiger partial charge < -0.3 is 18.9 Å². The fourth-order valence-corrected chi connectivity index (χ4v) is 6.63. The maximum atomic E-state index is 12.4. The molecule has 4 heterocycles. The average molecular weight is 586 g/mol. The van der Waals surface area contributed by atoms with Crippen LogP contribution in [0.25, 0.3) is 42.0 Å². The molecular weight excluding hydrogens is 562 g/mol. The number of amides is 1. The minimum Gasteiger partial charge on any atom is -0.484 e. The van der Waals surface area contributed by atoms with Crippen LogP contribution < -0.4 is 19.5 Å². The van der Waals surface area contributed by atoms with Gasteiger partial charge >= 0.3 is 6.09 Å². The topological polar surface area (TPSA) is 118 Å². The van der Waals surface area contributed by atoms with Gasteiger partial charge in [0.25, 0.3) is 0 Å². The molecule has 3 aromatic heterocycles. The van der Waals surface area contributed by atoms with Crippen molar-refractivity contribution < 1.29 is 23.7 Å². The van der Waals surface area contributed by atoms with Crippen molar-refractivity contribution in [2.75, 3.05) is 25.6 Å². The number of methoxy groups -OCH3 is 1. The first kappa shape index (κ1) is 25.4. The first-order valence-electron chi connectivity index (χ1n) is 12.8. The zero-order chi connectivity index (χ0) is 28.1. The van der Waals surface area contributed by atoms with Gasteiger partial charge in [-0.2, -0.15) is 0 Å². The number of rotatable bonds is 5. The third-order valence-electron chi connectivity index (χ3n) is 6.67. The van der Waals surface area contributed by atoms with Crippen molar-refractivity contribution in [1.82, 2.24) is 19.9 Å². The van der Waals surface area contributed by atoms with E-state index in [4.69, 9.17) is 23.9 Å². The van der Waals surface area contributed by atoms with E-state index in [0.29, 0.717) is 23.1 Å². The highest BCUT2D eigenvalue weighted by molar-refractivity contribution is 7.22. The lowest BCUT2D eigenvalue weighted by Gasteiger charge is -2.26. The van der Waals surface area contributed by atoms with Gasteiger partial charge in [-0.15, -0.1) is 22.7 Å². The molecule has 3 aromatic carbocycles. The van der Waals surface area contributed by atoms with Crippen molar-refractivity contribution >= 4 is 65.9 Å². The van der Waals surface area contributed by atoms with E-state index in [1.165, 1.54) is 22.7 Å². The smallest absolute Gasteiger partial charge is 0.411 e. The van der Waals surface area contributed by atoms with Gasteiger partial charge in [0.05, 0.1) is 45.6 Å². The molecule has 0 unspecified atom stereocenters. The van der Waals surface area contributed by atoms with Crippen molar-refractivity contribution in [3.63, 3.8) is 0 Å². The first-order valence-corrected chi connectivity index (χ1v) is 14.5. The number of hydrogen-bond acceptors (Lipinski definition) is 11. The summed E-state index contributed by atoms with van der Waals surface area (Å²) < 4.78 is 25.0.